The van der Waals surface area contributed by atoms with Crippen molar-refractivity contribution in [3.05, 3.63) is 70.3 Å². The minimum absolute atomic E-state index is 0.0907. The normalized spacial score (nSPS) is 18.8. The second-order valence-electron chi connectivity index (χ2n) is 12.2. The highest BCUT2D eigenvalue weighted by atomic mass is 19.4. The number of hydrogen-bond acceptors (Lipinski definition) is 7. The lowest BCUT2D eigenvalue weighted by Gasteiger charge is -2.40. The van der Waals surface area contributed by atoms with E-state index in [4.69, 9.17) is 14.7 Å². The molecule has 47 heavy (non-hydrogen) atoms. The number of halogens is 6. The minimum Gasteiger partial charge on any atom is -0.379 e. The van der Waals surface area contributed by atoms with Gasteiger partial charge in [0.2, 0.25) is 5.95 Å². The summed E-state index contributed by atoms with van der Waals surface area (Å²) in [4.78, 5) is 29.9. The van der Waals surface area contributed by atoms with Crippen molar-refractivity contribution < 1.29 is 35.9 Å². The predicted octanol–water partition coefficient (Wildman–Crippen LogP) is 6.25. The zero-order valence-corrected chi connectivity index (χ0v) is 25.9. The van der Waals surface area contributed by atoms with E-state index in [-0.39, 0.29) is 23.7 Å². The van der Waals surface area contributed by atoms with Gasteiger partial charge in [-0.2, -0.15) is 31.3 Å². The van der Waals surface area contributed by atoms with Crippen molar-refractivity contribution in [3.63, 3.8) is 0 Å². The number of fused-ring (bicyclic) bond motifs is 1. The lowest BCUT2D eigenvalue weighted by Crippen LogP contribution is -2.49. The quantitative estimate of drug-likeness (QED) is 0.324. The highest BCUT2D eigenvalue weighted by molar-refractivity contribution is 6.05. The number of benzene rings is 2. The van der Waals surface area contributed by atoms with Crippen molar-refractivity contribution in [3.8, 4) is 11.3 Å². The van der Waals surface area contributed by atoms with Crippen molar-refractivity contribution >= 4 is 17.7 Å². The molecule has 2 saturated heterocycles. The van der Waals surface area contributed by atoms with Crippen LogP contribution in [0.1, 0.15) is 51.9 Å². The molecule has 1 amide bonds. The van der Waals surface area contributed by atoms with Crippen LogP contribution in [0.15, 0.2) is 42.5 Å². The molecule has 2 fully saturated rings. The van der Waals surface area contributed by atoms with Gasteiger partial charge < -0.3 is 19.9 Å². The van der Waals surface area contributed by atoms with Crippen molar-refractivity contribution in [2.24, 2.45) is 0 Å². The van der Waals surface area contributed by atoms with E-state index in [9.17, 15) is 31.1 Å². The maximum Gasteiger partial charge on any atom is 0.416 e. The summed E-state index contributed by atoms with van der Waals surface area (Å²) in [6.45, 7) is 6.60. The third-order valence-electron chi connectivity index (χ3n) is 9.03. The number of piperidine rings is 1. The number of morpholine rings is 1. The molecule has 14 heteroatoms. The molecule has 1 aromatic heterocycles. The molecule has 3 aliphatic heterocycles. The Labute approximate surface area is 268 Å². The van der Waals surface area contributed by atoms with E-state index in [2.05, 4.69) is 15.1 Å². The van der Waals surface area contributed by atoms with Crippen LogP contribution in [0, 0.1) is 6.92 Å². The van der Waals surface area contributed by atoms with Crippen molar-refractivity contribution in [1.82, 2.24) is 19.8 Å². The van der Waals surface area contributed by atoms with Gasteiger partial charge in [0.1, 0.15) is 11.4 Å². The largest absolute Gasteiger partial charge is 0.416 e. The summed E-state index contributed by atoms with van der Waals surface area (Å²) >= 11 is 0. The van der Waals surface area contributed by atoms with Crippen LogP contribution in [-0.4, -0.2) is 84.2 Å². The number of ether oxygens (including phenoxy) is 1. The first-order valence-electron chi connectivity index (χ1n) is 15.7. The Balaban J connectivity index is 1.36. The number of carbonyl (C=O) groups excluding carboxylic acids is 1. The highest BCUT2D eigenvalue weighted by Gasteiger charge is 2.38. The third-order valence-corrected chi connectivity index (χ3v) is 9.03. The number of nitrogens with zero attached hydrogens (tertiary/aromatic N) is 5. The van der Waals surface area contributed by atoms with Gasteiger partial charge >= 0.3 is 12.4 Å². The van der Waals surface area contributed by atoms with E-state index in [0.29, 0.717) is 67.3 Å². The Morgan fingerprint density at radius 2 is 1.55 bits per heavy atom. The number of aromatic nitrogens is 2. The topological polar surface area (TPSA) is 73.8 Å². The number of amides is 1. The van der Waals surface area contributed by atoms with Gasteiger partial charge in [0.05, 0.1) is 30.0 Å². The first-order valence-corrected chi connectivity index (χ1v) is 15.7. The van der Waals surface area contributed by atoms with Crippen LogP contribution in [0.2, 0.25) is 0 Å². The van der Waals surface area contributed by atoms with Crippen LogP contribution >= 0.6 is 0 Å². The van der Waals surface area contributed by atoms with Gasteiger partial charge in [-0.05, 0) is 55.5 Å². The molecule has 0 atom stereocenters. The van der Waals surface area contributed by atoms with E-state index in [0.717, 1.165) is 44.7 Å². The molecule has 3 aromatic rings. The number of alkyl halides is 6. The average molecular weight is 663 g/mol. The molecule has 0 unspecified atom stereocenters. The zero-order valence-electron chi connectivity index (χ0n) is 25.9. The highest BCUT2D eigenvalue weighted by Crippen LogP contribution is 2.38. The molecule has 3 aliphatic rings. The van der Waals surface area contributed by atoms with Gasteiger partial charge in [-0.25, -0.2) is 4.98 Å². The molecular weight excluding hydrogens is 626 g/mol. The summed E-state index contributed by atoms with van der Waals surface area (Å²) in [7, 11) is 0. The molecule has 2 aromatic carbocycles. The van der Waals surface area contributed by atoms with Crippen molar-refractivity contribution in [2.45, 2.75) is 51.1 Å². The average Bonchev–Trinajstić information content (AvgIpc) is 3.04. The van der Waals surface area contributed by atoms with Crippen molar-refractivity contribution in [2.75, 3.05) is 62.7 Å². The van der Waals surface area contributed by atoms with Crippen LogP contribution in [-0.2, 0) is 23.6 Å². The third kappa shape index (κ3) is 7.33. The van der Waals surface area contributed by atoms with Gasteiger partial charge in [-0.3, -0.25) is 9.69 Å². The fraction of sp³-hybridized carbons (Fsp3) is 0.485. The molecule has 252 valence electrons. The number of rotatable bonds is 5. The molecule has 0 saturated carbocycles. The number of aryl methyl sites for hydroxylation is 1. The monoisotopic (exact) mass is 662 g/mol. The smallest absolute Gasteiger partial charge is 0.379 e. The Morgan fingerprint density at radius 1 is 0.894 bits per heavy atom. The number of anilines is 2. The molecular formula is C33H36F6N6O2. The summed E-state index contributed by atoms with van der Waals surface area (Å²) in [6, 6.07) is 9.27. The molecule has 0 spiro atoms. The van der Waals surface area contributed by atoms with Gasteiger partial charge in [-0.1, -0.05) is 24.3 Å². The maximum absolute atomic E-state index is 14.3. The summed E-state index contributed by atoms with van der Waals surface area (Å²) in [5, 5.41) is 3.26. The van der Waals surface area contributed by atoms with E-state index in [1.54, 1.807) is 0 Å². The van der Waals surface area contributed by atoms with Crippen LogP contribution in [0.3, 0.4) is 0 Å². The molecule has 0 radical (unpaired) electrons. The van der Waals surface area contributed by atoms with Gasteiger partial charge in [0.15, 0.2) is 0 Å². The van der Waals surface area contributed by atoms with Crippen LogP contribution < -0.4 is 10.2 Å². The predicted molar refractivity (Wildman–Crippen MR) is 164 cm³/mol. The summed E-state index contributed by atoms with van der Waals surface area (Å²) < 4.78 is 87.2. The Bertz CT molecular complexity index is 1570. The van der Waals surface area contributed by atoms with Gasteiger partial charge in [-0.15, -0.1) is 0 Å². The molecule has 0 bridgehead atoms. The Hall–Kier alpha value is -3.91. The second-order valence-corrected chi connectivity index (χ2v) is 12.2. The molecule has 1 N–H and O–H groups in total. The SMILES string of the molecule is Cc1ccccc1-c1nc(N2CCC(N3CCOCC3)CC2)nc2c1C(=O)N(Cc1cc(C(F)(F)F)cc(C(F)(F)F)c1)CCCN2. The van der Waals surface area contributed by atoms with Gasteiger partial charge in [0.25, 0.3) is 5.91 Å². The standard InChI is InChI=1S/C33H36F6N6O2/c1-21-5-2-3-6-26(21)28-27-29(42-31(41-28)44-11-7-25(8-12-44)43-13-15-47-16-14-43)40-9-4-10-45(30(27)46)20-22-17-23(32(34,35)36)19-24(18-22)33(37,38)39/h2-3,5-6,17-19,25H,4,7-16,20H2,1H3,(H,40,41,42). The molecule has 0 aliphatic carbocycles. The summed E-state index contributed by atoms with van der Waals surface area (Å²) in [5.74, 6) is 0.176. The fourth-order valence-corrected chi connectivity index (χ4v) is 6.55. The molecule has 4 heterocycles. The number of hydrogen-bond donors (Lipinski definition) is 1. The lowest BCUT2D eigenvalue weighted by atomic mass is 9.99. The van der Waals surface area contributed by atoms with E-state index in [1.807, 2.05) is 31.2 Å². The number of carbonyl (C=O) groups is 1. The minimum atomic E-state index is -4.99. The number of nitrogens with one attached hydrogen (secondary N) is 1. The first kappa shape index (κ1) is 33.0. The lowest BCUT2D eigenvalue weighted by molar-refractivity contribution is -0.143. The van der Waals surface area contributed by atoms with E-state index in [1.165, 1.54) is 4.90 Å². The zero-order chi connectivity index (χ0) is 33.3. The van der Waals surface area contributed by atoms with Crippen LogP contribution in [0.5, 0.6) is 0 Å². The molecule has 6 rings (SSSR count). The summed E-state index contributed by atoms with van der Waals surface area (Å²) in [5.41, 5.74) is -1.08. The van der Waals surface area contributed by atoms with E-state index < -0.39 is 35.9 Å². The Kier molecular flexibility index (Phi) is 9.34. The second kappa shape index (κ2) is 13.3. The van der Waals surface area contributed by atoms with Crippen LogP contribution in [0.4, 0.5) is 38.1 Å². The van der Waals surface area contributed by atoms with Gasteiger partial charge in [0, 0.05) is 57.4 Å². The fourth-order valence-electron chi connectivity index (χ4n) is 6.55. The van der Waals surface area contributed by atoms with Crippen LogP contribution in [0.25, 0.3) is 11.3 Å². The first-order chi connectivity index (χ1) is 22.4. The molecule has 8 nitrogen and oxygen atoms in total. The van der Waals surface area contributed by atoms with Crippen molar-refractivity contribution in [1.29, 1.82) is 0 Å². The maximum atomic E-state index is 14.3. The Morgan fingerprint density at radius 3 is 2.19 bits per heavy atom. The summed E-state index contributed by atoms with van der Waals surface area (Å²) in [6.07, 6.45) is -7.76. The van der Waals surface area contributed by atoms with E-state index >= 15 is 0 Å².